The van der Waals surface area contributed by atoms with Gasteiger partial charge in [0.25, 0.3) is 0 Å². The average Bonchev–Trinajstić information content (AvgIpc) is 2.01. The lowest BCUT2D eigenvalue weighted by Crippen LogP contribution is -2.49. The third kappa shape index (κ3) is 2.66. The molecule has 5 N–H and O–H groups in total. The van der Waals surface area contributed by atoms with E-state index < -0.39 is 0 Å². The van der Waals surface area contributed by atoms with Crippen LogP contribution in [0.4, 0.5) is 0 Å². The lowest BCUT2D eigenvalue weighted by Gasteiger charge is -2.46. The fourth-order valence-corrected chi connectivity index (χ4v) is 2.91. The minimum absolute atomic E-state index is 0.263. The van der Waals surface area contributed by atoms with E-state index in [-0.39, 0.29) is 5.41 Å². The fourth-order valence-electron chi connectivity index (χ4n) is 2.91. The summed E-state index contributed by atoms with van der Waals surface area (Å²) in [7, 11) is 0. The van der Waals surface area contributed by atoms with Gasteiger partial charge in [0.05, 0.1) is 0 Å². The van der Waals surface area contributed by atoms with E-state index in [1.165, 1.54) is 6.42 Å². The zero-order chi connectivity index (χ0) is 10.1. The Hall–Kier alpha value is -0.120. The van der Waals surface area contributed by atoms with Gasteiger partial charge >= 0.3 is 0 Å². The van der Waals surface area contributed by atoms with E-state index in [0.29, 0.717) is 11.5 Å². The molecular formula is C10H23N3. The first-order valence-corrected chi connectivity index (χ1v) is 5.07. The van der Waals surface area contributed by atoms with E-state index in [1.807, 2.05) is 0 Å². The molecular weight excluding hydrogens is 162 g/mol. The van der Waals surface area contributed by atoms with Gasteiger partial charge in [0, 0.05) is 6.04 Å². The Balaban J connectivity index is 2.71. The topological polar surface area (TPSA) is 64.1 Å². The monoisotopic (exact) mass is 185 g/mol. The highest BCUT2D eigenvalue weighted by molar-refractivity contribution is 4.94. The van der Waals surface area contributed by atoms with Crippen LogP contribution >= 0.6 is 0 Å². The molecule has 2 atom stereocenters. The number of hydrazine groups is 1. The molecule has 0 aromatic rings. The Labute approximate surface area is 81.2 Å². The van der Waals surface area contributed by atoms with Crippen molar-refractivity contribution in [3.05, 3.63) is 0 Å². The fraction of sp³-hybridized carbons (Fsp3) is 1.00. The molecule has 0 spiro atoms. The minimum atomic E-state index is 0.263. The number of nitrogens with two attached hydrogens (primary N) is 2. The number of rotatable bonds is 2. The molecule has 0 saturated heterocycles. The van der Waals surface area contributed by atoms with E-state index in [1.54, 1.807) is 0 Å². The zero-order valence-electron chi connectivity index (χ0n) is 9.06. The molecule has 78 valence electrons. The van der Waals surface area contributed by atoms with E-state index in [0.717, 1.165) is 19.4 Å². The van der Waals surface area contributed by atoms with Crippen LogP contribution < -0.4 is 17.0 Å². The normalized spacial score (nSPS) is 39.0. The average molecular weight is 185 g/mol. The minimum Gasteiger partial charge on any atom is -0.330 e. The highest BCUT2D eigenvalue weighted by Gasteiger charge is 2.39. The maximum Gasteiger partial charge on any atom is 0.0221 e. The Morgan fingerprint density at radius 3 is 2.38 bits per heavy atom. The van der Waals surface area contributed by atoms with E-state index in [9.17, 15) is 0 Å². The van der Waals surface area contributed by atoms with Gasteiger partial charge in [0.15, 0.2) is 0 Å². The Kier molecular flexibility index (Phi) is 3.00. The summed E-state index contributed by atoms with van der Waals surface area (Å²) in [6.07, 6.45) is 3.46. The molecule has 1 rings (SSSR count). The molecule has 0 amide bonds. The summed E-state index contributed by atoms with van der Waals surface area (Å²) >= 11 is 0. The third-order valence-corrected chi connectivity index (χ3v) is 3.17. The zero-order valence-corrected chi connectivity index (χ0v) is 9.06. The largest absolute Gasteiger partial charge is 0.330 e. The van der Waals surface area contributed by atoms with Gasteiger partial charge < -0.3 is 5.73 Å². The third-order valence-electron chi connectivity index (χ3n) is 3.17. The number of hydrogen-bond acceptors (Lipinski definition) is 3. The van der Waals surface area contributed by atoms with E-state index in [4.69, 9.17) is 11.6 Å². The molecule has 0 aliphatic heterocycles. The quantitative estimate of drug-likeness (QED) is 0.444. The summed E-state index contributed by atoms with van der Waals surface area (Å²) in [6, 6.07) is 0.428. The van der Waals surface area contributed by atoms with Crippen LogP contribution in [0.25, 0.3) is 0 Å². The van der Waals surface area contributed by atoms with Crippen LogP contribution in [0.1, 0.15) is 40.0 Å². The molecule has 1 aliphatic rings. The molecule has 1 fully saturated rings. The SMILES string of the molecule is CC1(C)CC(NN)CC(C)(CN)C1. The molecule has 2 unspecified atom stereocenters. The summed E-state index contributed by atoms with van der Waals surface area (Å²) in [5.74, 6) is 5.51. The smallest absolute Gasteiger partial charge is 0.0221 e. The highest BCUT2D eigenvalue weighted by Crippen LogP contribution is 2.45. The standard InChI is InChI=1S/C10H23N3/c1-9(2)4-8(13-12)5-10(3,6-9)7-11/h8,13H,4-7,11-12H2,1-3H3. The van der Waals surface area contributed by atoms with Crippen molar-refractivity contribution >= 4 is 0 Å². The van der Waals surface area contributed by atoms with Crippen LogP contribution in [0.3, 0.4) is 0 Å². The van der Waals surface area contributed by atoms with Gasteiger partial charge in [-0.25, -0.2) is 0 Å². The predicted octanol–water partition coefficient (Wildman–Crippen LogP) is 0.993. The predicted molar refractivity (Wildman–Crippen MR) is 55.9 cm³/mol. The molecule has 13 heavy (non-hydrogen) atoms. The second-order valence-electron chi connectivity index (χ2n) is 5.63. The van der Waals surface area contributed by atoms with Crippen molar-refractivity contribution in [2.45, 2.75) is 46.1 Å². The van der Waals surface area contributed by atoms with Crippen LogP contribution in [0, 0.1) is 10.8 Å². The molecule has 3 nitrogen and oxygen atoms in total. The van der Waals surface area contributed by atoms with Crippen LogP contribution in [0.2, 0.25) is 0 Å². The second kappa shape index (κ2) is 3.56. The molecule has 0 radical (unpaired) electrons. The van der Waals surface area contributed by atoms with E-state index in [2.05, 4.69) is 26.2 Å². The number of hydrogen-bond donors (Lipinski definition) is 3. The Morgan fingerprint density at radius 1 is 1.31 bits per heavy atom. The van der Waals surface area contributed by atoms with Gasteiger partial charge in [-0.3, -0.25) is 11.3 Å². The van der Waals surface area contributed by atoms with Crippen molar-refractivity contribution in [1.82, 2.24) is 5.43 Å². The van der Waals surface area contributed by atoms with Crippen LogP contribution in [0.5, 0.6) is 0 Å². The first-order valence-electron chi connectivity index (χ1n) is 5.07. The summed E-state index contributed by atoms with van der Waals surface area (Å²) in [4.78, 5) is 0. The second-order valence-corrected chi connectivity index (χ2v) is 5.63. The summed E-state index contributed by atoms with van der Waals surface area (Å²) in [6.45, 7) is 7.61. The molecule has 0 aromatic heterocycles. The Morgan fingerprint density at radius 2 is 1.92 bits per heavy atom. The number of nitrogens with one attached hydrogen (secondary N) is 1. The van der Waals surface area contributed by atoms with Crippen molar-refractivity contribution in [3.8, 4) is 0 Å². The van der Waals surface area contributed by atoms with Crippen LogP contribution in [0.15, 0.2) is 0 Å². The van der Waals surface area contributed by atoms with E-state index >= 15 is 0 Å². The molecule has 3 heteroatoms. The van der Waals surface area contributed by atoms with Gasteiger partial charge in [-0.2, -0.15) is 0 Å². The lowest BCUT2D eigenvalue weighted by atomic mass is 9.63. The van der Waals surface area contributed by atoms with Gasteiger partial charge in [-0.15, -0.1) is 0 Å². The van der Waals surface area contributed by atoms with Crippen LogP contribution in [-0.2, 0) is 0 Å². The Bertz CT molecular complexity index is 179. The molecule has 0 aromatic carbocycles. The van der Waals surface area contributed by atoms with Crippen molar-refractivity contribution in [2.24, 2.45) is 22.4 Å². The van der Waals surface area contributed by atoms with Crippen molar-refractivity contribution in [2.75, 3.05) is 6.54 Å². The van der Waals surface area contributed by atoms with Crippen LogP contribution in [-0.4, -0.2) is 12.6 Å². The molecule has 1 saturated carbocycles. The summed E-state index contributed by atoms with van der Waals surface area (Å²) < 4.78 is 0. The first kappa shape index (κ1) is 11.0. The summed E-state index contributed by atoms with van der Waals surface area (Å²) in [5.41, 5.74) is 9.33. The summed E-state index contributed by atoms with van der Waals surface area (Å²) in [5, 5.41) is 0. The van der Waals surface area contributed by atoms with Crippen molar-refractivity contribution < 1.29 is 0 Å². The molecule has 0 bridgehead atoms. The first-order chi connectivity index (χ1) is 5.91. The van der Waals surface area contributed by atoms with Gasteiger partial charge in [-0.05, 0) is 36.6 Å². The molecule has 0 heterocycles. The van der Waals surface area contributed by atoms with Gasteiger partial charge in [0.2, 0.25) is 0 Å². The van der Waals surface area contributed by atoms with Gasteiger partial charge in [0.1, 0.15) is 0 Å². The maximum absolute atomic E-state index is 5.81. The maximum atomic E-state index is 5.81. The molecule has 1 aliphatic carbocycles. The van der Waals surface area contributed by atoms with Gasteiger partial charge in [-0.1, -0.05) is 20.8 Å². The lowest BCUT2D eigenvalue weighted by molar-refractivity contribution is 0.0774. The van der Waals surface area contributed by atoms with Crippen molar-refractivity contribution in [3.63, 3.8) is 0 Å². The highest BCUT2D eigenvalue weighted by atomic mass is 15.2. The van der Waals surface area contributed by atoms with Crippen molar-refractivity contribution in [1.29, 1.82) is 0 Å².